The molecule has 1 amide bonds. The van der Waals surface area contributed by atoms with E-state index in [1.54, 1.807) is 0 Å². The van der Waals surface area contributed by atoms with Crippen LogP contribution in [0.2, 0.25) is 0 Å². The fourth-order valence-electron chi connectivity index (χ4n) is 1.99. The Labute approximate surface area is 119 Å². The molecule has 2 rings (SSSR count). The quantitative estimate of drug-likeness (QED) is 0.896. The lowest BCUT2D eigenvalue weighted by atomic mass is 10.1. The molecular weight excluding hydrogens is 250 g/mol. The number of carbonyl (C=O) groups is 1. The minimum atomic E-state index is -0.675. The largest absolute Gasteiger partial charge is 0.376 e. The highest BCUT2D eigenvalue weighted by atomic mass is 16.2. The lowest BCUT2D eigenvalue weighted by Gasteiger charge is -2.19. The maximum atomic E-state index is 12.2. The normalized spacial score (nSPS) is 11.8. The average molecular weight is 269 g/mol. The molecule has 4 nitrogen and oxygen atoms in total. The van der Waals surface area contributed by atoms with Gasteiger partial charge in [0.05, 0.1) is 11.4 Å². The summed E-state index contributed by atoms with van der Waals surface area (Å²) >= 11 is 0. The van der Waals surface area contributed by atoms with E-state index in [-0.39, 0.29) is 5.91 Å². The maximum Gasteiger partial charge on any atom is 0.245 e. The molecule has 0 saturated heterocycles. The molecule has 104 valence electrons. The van der Waals surface area contributed by atoms with Crippen molar-refractivity contribution in [2.75, 3.05) is 24.3 Å². The maximum absolute atomic E-state index is 12.2. The van der Waals surface area contributed by atoms with Gasteiger partial charge in [0, 0.05) is 14.1 Å². The second-order valence-electron chi connectivity index (χ2n) is 4.79. The van der Waals surface area contributed by atoms with E-state index >= 15 is 0 Å². The van der Waals surface area contributed by atoms with Crippen LogP contribution in [0, 0.1) is 0 Å². The Balaban J connectivity index is 2.16. The molecule has 0 fully saturated rings. The molecule has 0 aromatic heterocycles. The van der Waals surface area contributed by atoms with Crippen LogP contribution in [0.1, 0.15) is 11.6 Å². The van der Waals surface area contributed by atoms with Gasteiger partial charge in [0.2, 0.25) is 5.91 Å². The standard InChI is InChI=1S/C16H19N3O/c1-19(2)14-11-7-6-10-13(14)18-16(20)15(17)12-8-4-3-5-9-12/h3-11,15H,17H2,1-2H3,(H,18,20)/t15-/m0/s1. The molecule has 20 heavy (non-hydrogen) atoms. The molecule has 0 spiro atoms. The van der Waals surface area contributed by atoms with E-state index in [9.17, 15) is 4.79 Å². The number of hydrogen-bond acceptors (Lipinski definition) is 3. The summed E-state index contributed by atoms with van der Waals surface area (Å²) < 4.78 is 0. The van der Waals surface area contributed by atoms with E-state index in [1.165, 1.54) is 0 Å². The van der Waals surface area contributed by atoms with Gasteiger partial charge in [0.1, 0.15) is 6.04 Å². The summed E-state index contributed by atoms with van der Waals surface area (Å²) in [5.41, 5.74) is 8.49. The van der Waals surface area contributed by atoms with Crippen molar-refractivity contribution in [3.05, 3.63) is 60.2 Å². The van der Waals surface area contributed by atoms with Crippen LogP contribution < -0.4 is 16.0 Å². The number of nitrogens with two attached hydrogens (primary N) is 1. The van der Waals surface area contributed by atoms with Crippen LogP contribution >= 0.6 is 0 Å². The summed E-state index contributed by atoms with van der Waals surface area (Å²) in [4.78, 5) is 14.2. The molecule has 0 radical (unpaired) electrons. The molecule has 2 aromatic carbocycles. The minimum Gasteiger partial charge on any atom is -0.376 e. The minimum absolute atomic E-state index is 0.217. The Hall–Kier alpha value is -2.33. The first kappa shape index (κ1) is 14.1. The number of amides is 1. The van der Waals surface area contributed by atoms with Crippen molar-refractivity contribution in [3.8, 4) is 0 Å². The summed E-state index contributed by atoms with van der Waals surface area (Å²) in [6.45, 7) is 0. The molecule has 4 heteroatoms. The van der Waals surface area contributed by atoms with Gasteiger partial charge in [-0.1, -0.05) is 42.5 Å². The van der Waals surface area contributed by atoms with Crippen molar-refractivity contribution in [2.45, 2.75) is 6.04 Å². The number of carbonyl (C=O) groups excluding carboxylic acids is 1. The Morgan fingerprint density at radius 3 is 2.30 bits per heavy atom. The van der Waals surface area contributed by atoms with Gasteiger partial charge in [0.15, 0.2) is 0 Å². The second-order valence-corrected chi connectivity index (χ2v) is 4.79. The molecule has 0 unspecified atom stereocenters. The van der Waals surface area contributed by atoms with Gasteiger partial charge in [0.25, 0.3) is 0 Å². The zero-order chi connectivity index (χ0) is 14.5. The van der Waals surface area contributed by atoms with Crippen molar-refractivity contribution in [1.82, 2.24) is 0 Å². The lowest BCUT2D eigenvalue weighted by Crippen LogP contribution is -2.28. The molecule has 0 aliphatic rings. The number of nitrogens with one attached hydrogen (secondary N) is 1. The van der Waals surface area contributed by atoms with Crippen molar-refractivity contribution in [2.24, 2.45) is 5.73 Å². The van der Waals surface area contributed by atoms with Crippen LogP contribution in [-0.4, -0.2) is 20.0 Å². The molecular formula is C16H19N3O. The third kappa shape index (κ3) is 3.16. The Morgan fingerprint density at radius 2 is 1.65 bits per heavy atom. The Morgan fingerprint density at radius 1 is 1.05 bits per heavy atom. The predicted molar refractivity (Wildman–Crippen MR) is 82.8 cm³/mol. The first-order valence-electron chi connectivity index (χ1n) is 6.47. The fourth-order valence-corrected chi connectivity index (χ4v) is 1.99. The fraction of sp³-hybridized carbons (Fsp3) is 0.188. The summed E-state index contributed by atoms with van der Waals surface area (Å²) in [7, 11) is 3.87. The third-order valence-electron chi connectivity index (χ3n) is 3.08. The molecule has 2 aromatic rings. The monoisotopic (exact) mass is 269 g/mol. The van der Waals surface area contributed by atoms with E-state index in [0.717, 1.165) is 16.9 Å². The highest BCUT2D eigenvalue weighted by molar-refractivity contribution is 5.98. The van der Waals surface area contributed by atoms with Crippen LogP contribution in [0.5, 0.6) is 0 Å². The van der Waals surface area contributed by atoms with Gasteiger partial charge >= 0.3 is 0 Å². The highest BCUT2D eigenvalue weighted by Gasteiger charge is 2.16. The highest BCUT2D eigenvalue weighted by Crippen LogP contribution is 2.24. The van der Waals surface area contributed by atoms with Gasteiger partial charge in [-0.25, -0.2) is 0 Å². The van der Waals surface area contributed by atoms with Gasteiger partial charge in [-0.2, -0.15) is 0 Å². The Kier molecular flexibility index (Phi) is 4.38. The number of rotatable bonds is 4. The number of anilines is 2. The van der Waals surface area contributed by atoms with E-state index in [2.05, 4.69) is 5.32 Å². The van der Waals surface area contributed by atoms with Gasteiger partial charge in [-0.3, -0.25) is 4.79 Å². The van der Waals surface area contributed by atoms with Crippen molar-refractivity contribution in [1.29, 1.82) is 0 Å². The first-order chi connectivity index (χ1) is 9.59. The van der Waals surface area contributed by atoms with Gasteiger partial charge in [-0.15, -0.1) is 0 Å². The number of para-hydroxylation sites is 2. The molecule has 1 atom stereocenters. The van der Waals surface area contributed by atoms with Crippen LogP contribution in [0.3, 0.4) is 0 Å². The van der Waals surface area contributed by atoms with Crippen molar-refractivity contribution < 1.29 is 4.79 Å². The van der Waals surface area contributed by atoms with Crippen molar-refractivity contribution >= 4 is 17.3 Å². The number of hydrogen-bond donors (Lipinski definition) is 2. The van der Waals surface area contributed by atoms with Crippen LogP contribution in [0.25, 0.3) is 0 Å². The second kappa shape index (κ2) is 6.21. The zero-order valence-electron chi connectivity index (χ0n) is 11.7. The van der Waals surface area contributed by atoms with E-state index in [1.807, 2.05) is 73.6 Å². The van der Waals surface area contributed by atoms with E-state index in [0.29, 0.717) is 0 Å². The van der Waals surface area contributed by atoms with Crippen LogP contribution in [0.15, 0.2) is 54.6 Å². The molecule has 3 N–H and O–H groups in total. The van der Waals surface area contributed by atoms with Crippen LogP contribution in [-0.2, 0) is 4.79 Å². The molecule has 0 aliphatic carbocycles. The Bertz CT molecular complexity index is 581. The van der Waals surface area contributed by atoms with Crippen molar-refractivity contribution in [3.63, 3.8) is 0 Å². The SMILES string of the molecule is CN(C)c1ccccc1NC(=O)[C@@H](N)c1ccccc1. The predicted octanol–water partition coefficient (Wildman–Crippen LogP) is 2.39. The summed E-state index contributed by atoms with van der Waals surface area (Å²) in [5, 5.41) is 2.88. The average Bonchev–Trinajstić information content (AvgIpc) is 2.47. The summed E-state index contributed by atoms with van der Waals surface area (Å²) in [5.74, 6) is -0.217. The summed E-state index contributed by atoms with van der Waals surface area (Å²) in [6.07, 6.45) is 0. The first-order valence-corrected chi connectivity index (χ1v) is 6.47. The van der Waals surface area contributed by atoms with Gasteiger partial charge < -0.3 is 16.0 Å². The topological polar surface area (TPSA) is 58.4 Å². The van der Waals surface area contributed by atoms with E-state index < -0.39 is 6.04 Å². The molecule has 0 saturated carbocycles. The van der Waals surface area contributed by atoms with E-state index in [4.69, 9.17) is 5.73 Å². The molecule has 0 aliphatic heterocycles. The number of nitrogens with zero attached hydrogens (tertiary/aromatic N) is 1. The van der Waals surface area contributed by atoms with Gasteiger partial charge in [-0.05, 0) is 17.7 Å². The number of benzene rings is 2. The lowest BCUT2D eigenvalue weighted by molar-refractivity contribution is -0.117. The smallest absolute Gasteiger partial charge is 0.245 e. The van der Waals surface area contributed by atoms with Crippen LogP contribution in [0.4, 0.5) is 11.4 Å². The zero-order valence-corrected chi connectivity index (χ0v) is 11.7. The summed E-state index contributed by atoms with van der Waals surface area (Å²) in [6, 6.07) is 16.3. The third-order valence-corrected chi connectivity index (χ3v) is 3.08. The molecule has 0 bridgehead atoms. The molecule has 0 heterocycles.